The van der Waals surface area contributed by atoms with Crippen molar-refractivity contribution in [2.45, 2.75) is 45.4 Å². The van der Waals surface area contributed by atoms with Crippen LogP contribution in [0.1, 0.15) is 30.5 Å². The van der Waals surface area contributed by atoms with Crippen molar-refractivity contribution < 1.29 is 28.9 Å². The quantitative estimate of drug-likeness (QED) is 0.284. The number of aliphatic hydroxyl groups is 1. The molecule has 0 spiro atoms. The zero-order valence-electron chi connectivity index (χ0n) is 26.9. The number of nitrogens with one attached hydrogen (secondary N) is 1. The van der Waals surface area contributed by atoms with Gasteiger partial charge in [0.05, 0.1) is 25.5 Å². The van der Waals surface area contributed by atoms with E-state index in [0.29, 0.717) is 36.6 Å². The molecule has 0 bridgehead atoms. The van der Waals surface area contributed by atoms with Crippen molar-refractivity contribution in [3.8, 4) is 17.2 Å². The van der Waals surface area contributed by atoms with Crippen LogP contribution in [0.15, 0.2) is 66.9 Å². The summed E-state index contributed by atoms with van der Waals surface area (Å²) in [5.74, 6) is 1.86. The first-order chi connectivity index (χ1) is 22.2. The van der Waals surface area contributed by atoms with Gasteiger partial charge in [-0.15, -0.1) is 0 Å². The Morgan fingerprint density at radius 1 is 1.09 bits per heavy atom. The predicted molar refractivity (Wildman–Crippen MR) is 176 cm³/mol. The Morgan fingerprint density at radius 2 is 1.87 bits per heavy atom. The minimum Gasteiger partial charge on any atom is -0.488 e. The first kappa shape index (κ1) is 31.4. The molecule has 3 heterocycles. The average Bonchev–Trinajstić information content (AvgIpc) is 3.64. The van der Waals surface area contributed by atoms with Gasteiger partial charge in [0.2, 0.25) is 18.6 Å². The fourth-order valence-corrected chi connectivity index (χ4v) is 6.39. The van der Waals surface area contributed by atoms with Crippen molar-refractivity contribution >= 4 is 28.4 Å². The Labute approximate surface area is 269 Å². The molecule has 2 aliphatic rings. The third kappa shape index (κ3) is 6.83. The zero-order valence-corrected chi connectivity index (χ0v) is 26.9. The van der Waals surface area contributed by atoms with E-state index in [4.69, 9.17) is 14.2 Å². The number of carbonyl (C=O) groups excluding carboxylic acids is 2. The number of anilines is 1. The number of amides is 2. The number of fused-ring (bicyclic) bond motifs is 3. The van der Waals surface area contributed by atoms with E-state index in [1.165, 1.54) is 0 Å². The van der Waals surface area contributed by atoms with Gasteiger partial charge in [-0.25, -0.2) is 0 Å². The molecule has 0 radical (unpaired) electrons. The lowest BCUT2D eigenvalue weighted by Crippen LogP contribution is -2.47. The van der Waals surface area contributed by atoms with Crippen LogP contribution < -0.4 is 19.5 Å². The lowest BCUT2D eigenvalue weighted by Gasteiger charge is -2.34. The maximum Gasteiger partial charge on any atom is 0.231 e. The predicted octanol–water partition coefficient (Wildman–Crippen LogP) is 4.37. The second-order valence-electron chi connectivity index (χ2n) is 12.6. The maximum absolute atomic E-state index is 13.6. The summed E-state index contributed by atoms with van der Waals surface area (Å²) in [4.78, 5) is 30.8. The number of hydrogen-bond acceptors (Lipinski definition) is 7. The topological polar surface area (TPSA) is 106 Å². The molecular weight excluding hydrogens is 584 g/mol. The van der Waals surface area contributed by atoms with E-state index in [-0.39, 0.29) is 56.1 Å². The number of aryl methyl sites for hydroxylation is 1. The Hall–Kier alpha value is -4.54. The number of rotatable bonds is 9. The Kier molecular flexibility index (Phi) is 9.19. The van der Waals surface area contributed by atoms with E-state index in [0.717, 1.165) is 33.5 Å². The summed E-state index contributed by atoms with van der Waals surface area (Å²) < 4.78 is 19.7. The third-order valence-electron chi connectivity index (χ3n) is 8.91. The van der Waals surface area contributed by atoms with E-state index in [2.05, 4.69) is 17.1 Å². The highest BCUT2D eigenvalue weighted by molar-refractivity contribution is 5.96. The highest BCUT2D eigenvalue weighted by Gasteiger charge is 2.31. The molecule has 1 aromatic heterocycles. The molecule has 2 N–H and O–H groups in total. The standard InChI is InChI=1S/C36H42N4O6/c1-23-17-40(24(2)21-41)36(43)16-26-14-28(37-35(42)15-27-19-39(4)30-8-6-5-7-29(27)30)10-12-31(26)46-34(23)20-38(3)18-25-9-11-32-33(13-25)45-22-44-32/h5-14,19,23-24,34,41H,15-18,20-22H2,1-4H3,(H,37,42)/t23-,24-,34-/m1/s1. The molecule has 2 amide bonds. The Balaban J connectivity index is 1.21. The minimum atomic E-state index is -0.341. The summed E-state index contributed by atoms with van der Waals surface area (Å²) in [7, 11) is 4.02. The molecule has 0 saturated carbocycles. The van der Waals surface area contributed by atoms with Crippen molar-refractivity contribution in [1.29, 1.82) is 0 Å². The van der Waals surface area contributed by atoms with Gasteiger partial charge in [-0.1, -0.05) is 31.2 Å². The number of likely N-dealkylation sites (N-methyl/N-ethyl adjacent to an activating group) is 1. The van der Waals surface area contributed by atoms with Gasteiger partial charge in [0.1, 0.15) is 11.9 Å². The van der Waals surface area contributed by atoms with Crippen molar-refractivity contribution in [2.75, 3.05) is 38.9 Å². The smallest absolute Gasteiger partial charge is 0.231 e. The Morgan fingerprint density at radius 3 is 2.70 bits per heavy atom. The number of ether oxygens (including phenoxy) is 3. The van der Waals surface area contributed by atoms with Crippen molar-refractivity contribution in [2.24, 2.45) is 13.0 Å². The zero-order chi connectivity index (χ0) is 32.4. The lowest BCUT2D eigenvalue weighted by atomic mass is 10.0. The highest BCUT2D eigenvalue weighted by atomic mass is 16.7. The van der Waals surface area contributed by atoms with Gasteiger partial charge < -0.3 is 34.1 Å². The molecule has 46 heavy (non-hydrogen) atoms. The monoisotopic (exact) mass is 626 g/mol. The molecule has 3 aromatic carbocycles. The van der Waals surface area contributed by atoms with E-state index >= 15 is 0 Å². The molecule has 0 saturated heterocycles. The minimum absolute atomic E-state index is 0.0248. The molecule has 2 aliphatic heterocycles. The van der Waals surface area contributed by atoms with Crippen LogP contribution in [0.2, 0.25) is 0 Å². The van der Waals surface area contributed by atoms with Crippen molar-refractivity contribution in [3.05, 3.63) is 83.6 Å². The van der Waals surface area contributed by atoms with Crippen LogP contribution in [0, 0.1) is 5.92 Å². The molecule has 0 fully saturated rings. The van der Waals surface area contributed by atoms with Crippen LogP contribution in [-0.2, 0) is 36.0 Å². The van der Waals surface area contributed by atoms with Crippen molar-refractivity contribution in [3.63, 3.8) is 0 Å². The number of aliphatic hydroxyl groups excluding tert-OH is 1. The number of aromatic nitrogens is 1. The largest absolute Gasteiger partial charge is 0.488 e. The van der Waals surface area contributed by atoms with Crippen LogP contribution in [0.3, 0.4) is 0 Å². The molecule has 3 atom stereocenters. The van der Waals surface area contributed by atoms with Crippen LogP contribution in [0.4, 0.5) is 5.69 Å². The van der Waals surface area contributed by atoms with E-state index in [1.807, 2.05) is 92.4 Å². The first-order valence-corrected chi connectivity index (χ1v) is 15.8. The first-order valence-electron chi connectivity index (χ1n) is 15.8. The van der Waals surface area contributed by atoms with Crippen LogP contribution in [0.25, 0.3) is 10.9 Å². The molecule has 6 rings (SSSR count). The molecule has 10 heteroatoms. The van der Waals surface area contributed by atoms with Gasteiger partial charge in [0.25, 0.3) is 0 Å². The molecular formula is C36H42N4O6. The number of hydrogen-bond donors (Lipinski definition) is 2. The van der Waals surface area contributed by atoms with Gasteiger partial charge in [-0.3, -0.25) is 14.5 Å². The lowest BCUT2D eigenvalue weighted by molar-refractivity contribution is -0.134. The SMILES string of the molecule is C[C@@H]1CN([C@H](C)CO)C(=O)Cc2cc(NC(=O)Cc3cn(C)c4ccccc34)ccc2O[C@@H]1CN(C)Cc1ccc2c(c1)OCO2. The average molecular weight is 627 g/mol. The molecule has 0 unspecified atom stereocenters. The molecule has 10 nitrogen and oxygen atoms in total. The fourth-order valence-electron chi connectivity index (χ4n) is 6.39. The molecule has 0 aliphatic carbocycles. The van der Waals surface area contributed by atoms with Gasteiger partial charge >= 0.3 is 0 Å². The summed E-state index contributed by atoms with van der Waals surface area (Å²) in [6.07, 6.45) is 2.07. The molecule has 4 aromatic rings. The summed E-state index contributed by atoms with van der Waals surface area (Å²) >= 11 is 0. The van der Waals surface area contributed by atoms with Crippen LogP contribution >= 0.6 is 0 Å². The van der Waals surface area contributed by atoms with Gasteiger partial charge in [0.15, 0.2) is 11.5 Å². The van der Waals surface area contributed by atoms with Gasteiger partial charge in [-0.05, 0) is 61.5 Å². The third-order valence-corrected chi connectivity index (χ3v) is 8.91. The van der Waals surface area contributed by atoms with Crippen molar-refractivity contribution in [1.82, 2.24) is 14.4 Å². The normalized spacial score (nSPS) is 18.5. The summed E-state index contributed by atoms with van der Waals surface area (Å²) in [6, 6.07) is 19.2. The summed E-state index contributed by atoms with van der Waals surface area (Å²) in [5.41, 5.74) is 4.42. The second-order valence-corrected chi connectivity index (χ2v) is 12.6. The number of carbonyl (C=O) groups is 2. The van der Waals surface area contributed by atoms with E-state index in [9.17, 15) is 14.7 Å². The van der Waals surface area contributed by atoms with E-state index in [1.54, 1.807) is 4.90 Å². The van der Waals surface area contributed by atoms with Crippen LogP contribution in [0.5, 0.6) is 17.2 Å². The van der Waals surface area contributed by atoms with Gasteiger partial charge in [-0.2, -0.15) is 0 Å². The van der Waals surface area contributed by atoms with Crippen LogP contribution in [-0.4, -0.2) is 77.0 Å². The number of benzene rings is 3. The summed E-state index contributed by atoms with van der Waals surface area (Å²) in [6.45, 7) is 5.77. The Bertz CT molecular complexity index is 1730. The number of para-hydroxylation sites is 1. The van der Waals surface area contributed by atoms with E-state index < -0.39 is 0 Å². The summed E-state index contributed by atoms with van der Waals surface area (Å²) in [5, 5.41) is 14.1. The fraction of sp³-hybridized carbons (Fsp3) is 0.389. The second kappa shape index (κ2) is 13.4. The highest BCUT2D eigenvalue weighted by Crippen LogP contribution is 2.33. The van der Waals surface area contributed by atoms with Gasteiger partial charge in [0, 0.05) is 61.0 Å². The number of nitrogens with zero attached hydrogens (tertiary/aromatic N) is 3. The maximum atomic E-state index is 13.6. The molecule has 242 valence electrons.